The number of aliphatic hydroxyl groups excluding tert-OH is 1. The van der Waals surface area contributed by atoms with Gasteiger partial charge >= 0.3 is 0 Å². The second-order valence-electron chi connectivity index (χ2n) is 4.65. The van der Waals surface area contributed by atoms with Gasteiger partial charge in [-0.3, -0.25) is 4.79 Å². The lowest BCUT2D eigenvalue weighted by Gasteiger charge is -2.15. The van der Waals surface area contributed by atoms with Gasteiger partial charge in [-0.15, -0.1) is 12.4 Å². The number of aliphatic hydroxyl groups is 1. The molecule has 0 aliphatic heterocycles. The number of amides is 1. The molecule has 1 aromatic rings. The molecule has 2 unspecified atom stereocenters. The molecule has 0 radical (unpaired) electrons. The second-order valence-corrected chi connectivity index (χ2v) is 4.65. The summed E-state index contributed by atoms with van der Waals surface area (Å²) < 4.78 is 10.3. The molecule has 0 aliphatic carbocycles. The zero-order valence-electron chi connectivity index (χ0n) is 12.5. The molecular formula is C14H23ClN2O4. The molecule has 1 aromatic carbocycles. The predicted molar refractivity (Wildman–Crippen MR) is 83.0 cm³/mol. The van der Waals surface area contributed by atoms with Gasteiger partial charge in [-0.25, -0.2) is 0 Å². The number of methoxy groups -OCH3 is 2. The van der Waals surface area contributed by atoms with Gasteiger partial charge in [0.15, 0.2) is 0 Å². The van der Waals surface area contributed by atoms with E-state index in [2.05, 4.69) is 5.32 Å². The number of hydrogen-bond acceptors (Lipinski definition) is 5. The fraction of sp³-hybridized carbons (Fsp3) is 0.500. The van der Waals surface area contributed by atoms with Gasteiger partial charge in [0.25, 0.3) is 0 Å². The van der Waals surface area contributed by atoms with Crippen molar-refractivity contribution < 1.29 is 19.4 Å². The van der Waals surface area contributed by atoms with Gasteiger partial charge in [0.2, 0.25) is 5.91 Å². The maximum Gasteiger partial charge on any atom is 0.221 e. The van der Waals surface area contributed by atoms with Crippen molar-refractivity contribution in [3.8, 4) is 11.5 Å². The number of benzene rings is 1. The van der Waals surface area contributed by atoms with E-state index in [4.69, 9.17) is 15.2 Å². The van der Waals surface area contributed by atoms with Crippen LogP contribution in [0, 0.1) is 0 Å². The Bertz CT molecular complexity index is 432. The minimum Gasteiger partial charge on any atom is -0.497 e. The molecule has 0 fully saturated rings. The predicted octanol–water partition coefficient (Wildman–Crippen LogP) is 1.01. The highest BCUT2D eigenvalue weighted by Gasteiger charge is 2.13. The van der Waals surface area contributed by atoms with Crippen LogP contribution < -0.4 is 20.5 Å². The van der Waals surface area contributed by atoms with E-state index in [0.717, 1.165) is 0 Å². The lowest BCUT2D eigenvalue weighted by Crippen LogP contribution is -2.32. The van der Waals surface area contributed by atoms with Crippen LogP contribution in [0.25, 0.3) is 0 Å². The molecule has 0 aliphatic rings. The molecule has 0 saturated heterocycles. The standard InChI is InChI=1S/C14H22N2O4.ClH/c1-9(15)4-14(18)16-8-13(17)10-5-11(19-2)7-12(6-10)20-3;/h5-7,9,13,17H,4,8,15H2,1-3H3,(H,16,18);1H. The summed E-state index contributed by atoms with van der Waals surface area (Å²) in [5.41, 5.74) is 6.14. The van der Waals surface area contributed by atoms with Gasteiger partial charge < -0.3 is 25.6 Å². The number of carbonyl (C=O) groups is 1. The number of halogens is 1. The smallest absolute Gasteiger partial charge is 0.221 e. The molecule has 6 nitrogen and oxygen atoms in total. The summed E-state index contributed by atoms with van der Waals surface area (Å²) in [6.45, 7) is 1.87. The van der Waals surface area contributed by atoms with Crippen LogP contribution in [-0.2, 0) is 4.79 Å². The first-order valence-electron chi connectivity index (χ1n) is 6.39. The Morgan fingerprint density at radius 2 is 1.81 bits per heavy atom. The Morgan fingerprint density at radius 3 is 2.24 bits per heavy atom. The van der Waals surface area contributed by atoms with Crippen LogP contribution in [-0.4, -0.2) is 37.8 Å². The summed E-state index contributed by atoms with van der Waals surface area (Å²) in [7, 11) is 3.07. The lowest BCUT2D eigenvalue weighted by atomic mass is 10.1. The van der Waals surface area contributed by atoms with E-state index in [1.807, 2.05) is 0 Å². The van der Waals surface area contributed by atoms with Crippen LogP contribution in [0.4, 0.5) is 0 Å². The summed E-state index contributed by atoms with van der Waals surface area (Å²) in [4.78, 5) is 11.5. The van der Waals surface area contributed by atoms with E-state index in [9.17, 15) is 9.90 Å². The van der Waals surface area contributed by atoms with E-state index in [1.165, 1.54) is 14.2 Å². The molecule has 1 rings (SSSR count). The Hall–Kier alpha value is -1.50. The van der Waals surface area contributed by atoms with E-state index >= 15 is 0 Å². The van der Waals surface area contributed by atoms with Gasteiger partial charge in [-0.05, 0) is 24.6 Å². The Labute approximate surface area is 131 Å². The van der Waals surface area contributed by atoms with E-state index in [-0.39, 0.29) is 37.3 Å². The maximum absolute atomic E-state index is 11.5. The van der Waals surface area contributed by atoms with Crippen molar-refractivity contribution in [1.82, 2.24) is 5.32 Å². The highest BCUT2D eigenvalue weighted by atomic mass is 35.5. The van der Waals surface area contributed by atoms with Gasteiger partial charge in [0.05, 0.1) is 20.3 Å². The van der Waals surface area contributed by atoms with Crippen LogP contribution in [0.5, 0.6) is 11.5 Å². The Balaban J connectivity index is 0.00000400. The molecule has 0 spiro atoms. The van der Waals surface area contributed by atoms with Gasteiger partial charge in [-0.2, -0.15) is 0 Å². The summed E-state index contributed by atoms with van der Waals surface area (Å²) in [6.07, 6.45) is -0.607. The third-order valence-electron chi connectivity index (χ3n) is 2.76. The van der Waals surface area contributed by atoms with Crippen LogP contribution in [0.3, 0.4) is 0 Å². The maximum atomic E-state index is 11.5. The van der Waals surface area contributed by atoms with E-state index in [0.29, 0.717) is 17.1 Å². The number of hydrogen-bond donors (Lipinski definition) is 3. The molecule has 7 heteroatoms. The van der Waals surface area contributed by atoms with Crippen LogP contribution >= 0.6 is 12.4 Å². The number of nitrogens with one attached hydrogen (secondary N) is 1. The van der Waals surface area contributed by atoms with Gasteiger partial charge in [0.1, 0.15) is 11.5 Å². The van der Waals surface area contributed by atoms with Crippen LogP contribution in [0.15, 0.2) is 18.2 Å². The minimum absolute atomic E-state index is 0. The summed E-state index contributed by atoms with van der Waals surface area (Å²) in [5, 5.41) is 12.7. The van der Waals surface area contributed by atoms with Crippen molar-refractivity contribution in [2.24, 2.45) is 5.73 Å². The monoisotopic (exact) mass is 318 g/mol. The Kier molecular flexibility index (Phi) is 8.76. The molecule has 120 valence electrons. The first-order valence-corrected chi connectivity index (χ1v) is 6.39. The summed E-state index contributed by atoms with van der Waals surface area (Å²) >= 11 is 0. The zero-order valence-corrected chi connectivity index (χ0v) is 13.3. The van der Waals surface area contributed by atoms with Crippen molar-refractivity contribution in [3.63, 3.8) is 0 Å². The second kappa shape index (κ2) is 9.44. The molecule has 2 atom stereocenters. The van der Waals surface area contributed by atoms with Crippen molar-refractivity contribution in [2.75, 3.05) is 20.8 Å². The molecular weight excluding hydrogens is 296 g/mol. The Morgan fingerprint density at radius 1 is 1.29 bits per heavy atom. The van der Waals surface area contributed by atoms with Gasteiger partial charge in [0, 0.05) is 25.1 Å². The van der Waals surface area contributed by atoms with Crippen molar-refractivity contribution in [3.05, 3.63) is 23.8 Å². The highest BCUT2D eigenvalue weighted by Crippen LogP contribution is 2.26. The minimum atomic E-state index is -0.837. The fourth-order valence-corrected chi connectivity index (χ4v) is 1.71. The van der Waals surface area contributed by atoms with Crippen LogP contribution in [0.2, 0.25) is 0 Å². The molecule has 0 aromatic heterocycles. The van der Waals surface area contributed by atoms with Crippen molar-refractivity contribution in [2.45, 2.75) is 25.5 Å². The third kappa shape index (κ3) is 6.66. The van der Waals surface area contributed by atoms with E-state index < -0.39 is 6.10 Å². The summed E-state index contributed by atoms with van der Waals surface area (Å²) in [5.74, 6) is 0.981. The zero-order chi connectivity index (χ0) is 15.1. The number of carbonyl (C=O) groups excluding carboxylic acids is 1. The van der Waals surface area contributed by atoms with Crippen molar-refractivity contribution in [1.29, 1.82) is 0 Å². The average molecular weight is 319 g/mol. The number of rotatable bonds is 7. The first-order chi connectivity index (χ1) is 9.46. The number of nitrogens with two attached hydrogens (primary N) is 1. The molecule has 4 N–H and O–H groups in total. The van der Waals surface area contributed by atoms with Crippen molar-refractivity contribution >= 4 is 18.3 Å². The molecule has 21 heavy (non-hydrogen) atoms. The summed E-state index contributed by atoms with van der Waals surface area (Å²) in [6, 6.07) is 4.91. The third-order valence-corrected chi connectivity index (χ3v) is 2.76. The normalized spacial score (nSPS) is 12.8. The molecule has 0 saturated carbocycles. The highest BCUT2D eigenvalue weighted by molar-refractivity contribution is 5.85. The molecule has 1 amide bonds. The van der Waals surface area contributed by atoms with Crippen LogP contribution in [0.1, 0.15) is 25.0 Å². The van der Waals surface area contributed by atoms with E-state index in [1.54, 1.807) is 25.1 Å². The SMILES string of the molecule is COc1cc(OC)cc(C(O)CNC(=O)CC(C)N)c1.Cl. The fourth-order valence-electron chi connectivity index (χ4n) is 1.71. The topological polar surface area (TPSA) is 93.8 Å². The number of ether oxygens (including phenoxy) is 2. The lowest BCUT2D eigenvalue weighted by molar-refractivity contribution is -0.121. The largest absolute Gasteiger partial charge is 0.497 e. The molecule has 0 bridgehead atoms. The molecule has 0 heterocycles. The average Bonchev–Trinajstić information content (AvgIpc) is 2.43. The first kappa shape index (κ1) is 19.5. The van der Waals surface area contributed by atoms with Gasteiger partial charge in [-0.1, -0.05) is 0 Å². The quantitative estimate of drug-likeness (QED) is 0.697.